The van der Waals surface area contributed by atoms with Crippen molar-refractivity contribution in [3.05, 3.63) is 50.7 Å². The van der Waals surface area contributed by atoms with Crippen molar-refractivity contribution in [3.63, 3.8) is 0 Å². The van der Waals surface area contributed by atoms with E-state index in [1.807, 2.05) is 25.1 Å². The molecule has 0 aliphatic heterocycles. The van der Waals surface area contributed by atoms with Crippen LogP contribution in [0.4, 0.5) is 0 Å². The molecule has 0 amide bonds. The fourth-order valence-electron chi connectivity index (χ4n) is 2.84. The van der Waals surface area contributed by atoms with E-state index in [4.69, 9.17) is 4.74 Å². The largest absolute Gasteiger partial charge is 0.491 e. The Hall–Kier alpha value is -3.05. The lowest BCUT2D eigenvalue weighted by atomic mass is 10.2. The van der Waals surface area contributed by atoms with Gasteiger partial charge in [-0.3, -0.25) is 19.1 Å². The second-order valence-electron chi connectivity index (χ2n) is 6.59. The Bertz CT molecular complexity index is 1180. The molecule has 0 saturated carbocycles. The molecule has 160 valence electrons. The molecule has 2 heterocycles. The van der Waals surface area contributed by atoms with Gasteiger partial charge in [0.2, 0.25) is 0 Å². The Morgan fingerprint density at radius 3 is 2.77 bits per heavy atom. The number of aliphatic hydroxyl groups is 1. The Balaban J connectivity index is 1.90. The van der Waals surface area contributed by atoms with Crippen LogP contribution in [0, 0.1) is 6.92 Å². The number of carbonyl (C=O) groups is 1. The summed E-state index contributed by atoms with van der Waals surface area (Å²) in [4.78, 5) is 42.5. The summed E-state index contributed by atoms with van der Waals surface area (Å²) in [5, 5.41) is 10.8. The number of fused-ring (bicyclic) bond motifs is 1. The molecular weight excluding hydrogens is 412 g/mol. The van der Waals surface area contributed by atoms with Crippen LogP contribution in [0.1, 0.15) is 5.56 Å². The van der Waals surface area contributed by atoms with E-state index in [1.54, 1.807) is 6.07 Å². The zero-order valence-electron chi connectivity index (χ0n) is 16.7. The Morgan fingerprint density at radius 2 is 2.07 bits per heavy atom. The summed E-state index contributed by atoms with van der Waals surface area (Å²) in [5.41, 5.74) is -0.0243. The number of H-pyrrole nitrogens is 1. The third-order valence-electron chi connectivity index (χ3n) is 4.44. The molecule has 0 bridgehead atoms. The number of ether oxygens (including phenoxy) is 2. The minimum Gasteiger partial charge on any atom is -0.491 e. The van der Waals surface area contributed by atoms with E-state index < -0.39 is 23.3 Å². The summed E-state index contributed by atoms with van der Waals surface area (Å²) in [6, 6.07) is 7.41. The van der Waals surface area contributed by atoms with Gasteiger partial charge >= 0.3 is 11.7 Å². The van der Waals surface area contributed by atoms with E-state index in [9.17, 15) is 19.5 Å². The number of nitrogens with one attached hydrogen (secondary N) is 1. The molecule has 3 rings (SSSR count). The van der Waals surface area contributed by atoms with Crippen molar-refractivity contribution in [1.82, 2.24) is 19.1 Å². The van der Waals surface area contributed by atoms with E-state index in [2.05, 4.69) is 14.7 Å². The van der Waals surface area contributed by atoms with Gasteiger partial charge in [-0.05, 0) is 18.6 Å². The summed E-state index contributed by atoms with van der Waals surface area (Å²) in [6.07, 6.45) is -0.976. The molecule has 0 unspecified atom stereocenters. The minimum atomic E-state index is -0.976. The van der Waals surface area contributed by atoms with Crippen molar-refractivity contribution in [2.24, 2.45) is 7.05 Å². The first-order valence-electron chi connectivity index (χ1n) is 9.07. The summed E-state index contributed by atoms with van der Waals surface area (Å²) < 4.78 is 13.0. The first kappa shape index (κ1) is 21.7. The van der Waals surface area contributed by atoms with Crippen molar-refractivity contribution in [2.45, 2.75) is 24.7 Å². The number of nitrogens with zero attached hydrogens (tertiary/aromatic N) is 3. The summed E-state index contributed by atoms with van der Waals surface area (Å²) in [7, 11) is 2.75. The monoisotopic (exact) mass is 434 g/mol. The maximum absolute atomic E-state index is 12.4. The van der Waals surface area contributed by atoms with E-state index in [-0.39, 0.29) is 30.1 Å². The van der Waals surface area contributed by atoms with Gasteiger partial charge in [0.25, 0.3) is 5.56 Å². The second kappa shape index (κ2) is 9.18. The Morgan fingerprint density at radius 1 is 1.33 bits per heavy atom. The third kappa shape index (κ3) is 4.57. The molecule has 1 aromatic carbocycles. The van der Waals surface area contributed by atoms with E-state index in [1.165, 1.54) is 23.3 Å². The number of thioether (sulfide) groups is 1. The number of benzene rings is 1. The number of hydrogen-bond donors (Lipinski definition) is 2. The second-order valence-corrected chi connectivity index (χ2v) is 7.53. The van der Waals surface area contributed by atoms with Gasteiger partial charge < -0.3 is 19.1 Å². The van der Waals surface area contributed by atoms with Crippen molar-refractivity contribution in [1.29, 1.82) is 0 Å². The molecule has 3 aromatic rings. The van der Waals surface area contributed by atoms with Crippen molar-refractivity contribution in [3.8, 4) is 5.75 Å². The number of para-hydroxylation sites is 1. The summed E-state index contributed by atoms with van der Waals surface area (Å²) in [6.45, 7) is 1.86. The quantitative estimate of drug-likeness (QED) is 0.386. The number of methoxy groups -OCH3 is 1. The Kier molecular flexibility index (Phi) is 6.63. The zero-order valence-corrected chi connectivity index (χ0v) is 17.6. The SMILES string of the molecule is COC(=O)CSc1nc2c(c(=O)[nH]c(=O)n2C)n1C[C@H](O)COc1ccccc1C. The number of aliphatic hydroxyl groups excluding tert-OH is 1. The van der Waals surface area contributed by atoms with Gasteiger partial charge in [-0.1, -0.05) is 30.0 Å². The van der Waals surface area contributed by atoms with Gasteiger partial charge in [0.05, 0.1) is 19.4 Å². The lowest BCUT2D eigenvalue weighted by Gasteiger charge is -2.16. The topological polar surface area (TPSA) is 128 Å². The predicted molar refractivity (Wildman–Crippen MR) is 111 cm³/mol. The molecule has 0 saturated heterocycles. The van der Waals surface area contributed by atoms with Gasteiger partial charge in [-0.15, -0.1) is 0 Å². The molecule has 2 N–H and O–H groups in total. The van der Waals surface area contributed by atoms with Crippen LogP contribution in [-0.2, 0) is 23.1 Å². The molecule has 0 aliphatic carbocycles. The number of hydrogen-bond acceptors (Lipinski definition) is 8. The molecule has 1 atom stereocenters. The van der Waals surface area contributed by atoms with Crippen LogP contribution in [0.2, 0.25) is 0 Å². The highest BCUT2D eigenvalue weighted by molar-refractivity contribution is 7.99. The van der Waals surface area contributed by atoms with Crippen LogP contribution in [0.3, 0.4) is 0 Å². The van der Waals surface area contributed by atoms with Gasteiger partial charge in [0, 0.05) is 7.05 Å². The van der Waals surface area contributed by atoms with E-state index in [0.717, 1.165) is 17.3 Å². The van der Waals surface area contributed by atoms with Crippen LogP contribution in [-0.4, -0.2) is 55.8 Å². The first-order chi connectivity index (χ1) is 14.3. The number of carbonyl (C=O) groups excluding carboxylic acids is 1. The van der Waals surface area contributed by atoms with Gasteiger partial charge in [-0.25, -0.2) is 9.78 Å². The predicted octanol–water partition coefficient (Wildman–Crippen LogP) is 0.437. The highest BCUT2D eigenvalue weighted by atomic mass is 32.2. The maximum Gasteiger partial charge on any atom is 0.329 e. The van der Waals surface area contributed by atoms with Crippen molar-refractivity contribution >= 4 is 28.9 Å². The smallest absolute Gasteiger partial charge is 0.329 e. The van der Waals surface area contributed by atoms with Gasteiger partial charge in [-0.2, -0.15) is 0 Å². The molecule has 0 radical (unpaired) electrons. The lowest BCUT2D eigenvalue weighted by Crippen LogP contribution is -2.30. The standard InChI is InChI=1S/C19H22N4O6S/c1-11-6-4-5-7-13(11)29-9-12(24)8-23-15-16(22(2)18(27)21-17(15)26)20-19(23)30-10-14(25)28-3/h4-7,12,24H,8-10H2,1-3H3,(H,21,26,27)/t12-/m0/s1. The maximum atomic E-state index is 12.4. The number of aromatic amines is 1. The molecule has 0 fully saturated rings. The fourth-order valence-corrected chi connectivity index (χ4v) is 3.68. The Labute approximate surface area is 175 Å². The van der Waals surface area contributed by atoms with Gasteiger partial charge in [0.1, 0.15) is 18.5 Å². The molecule has 0 spiro atoms. The van der Waals surface area contributed by atoms with Crippen LogP contribution in [0.15, 0.2) is 39.0 Å². The minimum absolute atomic E-state index is 0.0185. The number of rotatable bonds is 8. The van der Waals surface area contributed by atoms with Crippen LogP contribution in [0.5, 0.6) is 5.75 Å². The number of aryl methyl sites for hydroxylation is 2. The highest BCUT2D eigenvalue weighted by Crippen LogP contribution is 2.22. The summed E-state index contributed by atoms with van der Waals surface area (Å²) in [5.74, 6) is 0.138. The number of aromatic nitrogens is 4. The molecular formula is C19H22N4O6S. The molecule has 11 heteroatoms. The van der Waals surface area contributed by atoms with Crippen LogP contribution in [0.25, 0.3) is 11.2 Å². The van der Waals surface area contributed by atoms with Gasteiger partial charge in [0.15, 0.2) is 16.3 Å². The zero-order chi connectivity index (χ0) is 21.8. The fraction of sp³-hybridized carbons (Fsp3) is 0.368. The normalized spacial score (nSPS) is 12.1. The van der Waals surface area contributed by atoms with E-state index in [0.29, 0.717) is 10.9 Å². The molecule has 2 aromatic heterocycles. The van der Waals surface area contributed by atoms with E-state index >= 15 is 0 Å². The van der Waals surface area contributed by atoms with Crippen LogP contribution < -0.4 is 16.0 Å². The van der Waals surface area contributed by atoms with Crippen molar-refractivity contribution < 1.29 is 19.4 Å². The first-order valence-corrected chi connectivity index (χ1v) is 10.1. The average Bonchev–Trinajstić information content (AvgIpc) is 3.08. The lowest BCUT2D eigenvalue weighted by molar-refractivity contribution is -0.137. The highest BCUT2D eigenvalue weighted by Gasteiger charge is 2.21. The molecule has 30 heavy (non-hydrogen) atoms. The molecule has 10 nitrogen and oxygen atoms in total. The third-order valence-corrected chi connectivity index (χ3v) is 5.39. The summed E-state index contributed by atoms with van der Waals surface area (Å²) >= 11 is 1.04. The van der Waals surface area contributed by atoms with Crippen LogP contribution >= 0.6 is 11.8 Å². The average molecular weight is 434 g/mol. The molecule has 0 aliphatic rings. The number of imidazole rings is 1. The van der Waals surface area contributed by atoms with Crippen molar-refractivity contribution in [2.75, 3.05) is 19.5 Å². The number of esters is 1.